The van der Waals surface area contributed by atoms with Crippen molar-refractivity contribution in [2.24, 2.45) is 0 Å². The van der Waals surface area contributed by atoms with Gasteiger partial charge in [-0.2, -0.15) is 0 Å². The van der Waals surface area contributed by atoms with E-state index in [1.165, 1.54) is 4.90 Å². The molecule has 31 heavy (non-hydrogen) atoms. The normalized spacial score (nSPS) is 26.0. The van der Waals surface area contributed by atoms with Gasteiger partial charge in [0.1, 0.15) is 17.9 Å². The van der Waals surface area contributed by atoms with Gasteiger partial charge in [-0.15, -0.1) is 0 Å². The van der Waals surface area contributed by atoms with Gasteiger partial charge in [-0.25, -0.2) is 8.78 Å². The van der Waals surface area contributed by atoms with Gasteiger partial charge in [0.2, 0.25) is 11.8 Å². The van der Waals surface area contributed by atoms with Crippen LogP contribution in [0.25, 0.3) is 0 Å². The first-order valence-corrected chi connectivity index (χ1v) is 10.8. The first kappa shape index (κ1) is 21.7. The summed E-state index contributed by atoms with van der Waals surface area (Å²) >= 11 is 0. The summed E-state index contributed by atoms with van der Waals surface area (Å²) in [5.41, 5.74) is 1.29. The Morgan fingerprint density at radius 1 is 1.23 bits per heavy atom. The van der Waals surface area contributed by atoms with Crippen molar-refractivity contribution in [2.75, 3.05) is 13.1 Å². The summed E-state index contributed by atoms with van der Waals surface area (Å²) < 4.78 is 32.1. The topological polar surface area (TPSA) is 79.0 Å². The van der Waals surface area contributed by atoms with Crippen molar-refractivity contribution >= 4 is 17.7 Å². The van der Waals surface area contributed by atoms with Gasteiger partial charge in [0, 0.05) is 24.6 Å². The maximum absolute atomic E-state index is 12.9. The van der Waals surface area contributed by atoms with Crippen molar-refractivity contribution in [3.05, 3.63) is 29.3 Å². The Hall–Kier alpha value is -2.55. The van der Waals surface area contributed by atoms with Crippen LogP contribution in [0.15, 0.2) is 18.2 Å². The molecule has 1 saturated heterocycles. The molecule has 1 aromatic carbocycles. The van der Waals surface area contributed by atoms with Crippen LogP contribution < -0.4 is 10.1 Å². The fourth-order valence-electron chi connectivity index (χ4n) is 4.94. The van der Waals surface area contributed by atoms with Crippen molar-refractivity contribution < 1.29 is 27.9 Å². The van der Waals surface area contributed by atoms with Gasteiger partial charge >= 0.3 is 0 Å². The SMILES string of the molecule is CCN(CC(F)F)[C@H]1CCC[C@H]1Oc1ccc2c(c1)CN(C1CCC(=O)NC1=O)C2=O. The van der Waals surface area contributed by atoms with Crippen molar-refractivity contribution in [1.82, 2.24) is 15.1 Å². The minimum Gasteiger partial charge on any atom is -0.489 e. The lowest BCUT2D eigenvalue weighted by molar-refractivity contribution is -0.136. The van der Waals surface area contributed by atoms with Gasteiger partial charge < -0.3 is 9.64 Å². The smallest absolute Gasteiger partial charge is 0.255 e. The van der Waals surface area contributed by atoms with Crippen LogP contribution in [0.3, 0.4) is 0 Å². The molecule has 0 bridgehead atoms. The molecule has 0 radical (unpaired) electrons. The van der Waals surface area contributed by atoms with Crippen molar-refractivity contribution in [3.8, 4) is 5.75 Å². The van der Waals surface area contributed by atoms with Crippen LogP contribution in [0.4, 0.5) is 8.78 Å². The number of rotatable bonds is 7. The predicted molar refractivity (Wildman–Crippen MR) is 108 cm³/mol. The zero-order valence-corrected chi connectivity index (χ0v) is 17.5. The van der Waals surface area contributed by atoms with Crippen LogP contribution in [-0.2, 0) is 16.1 Å². The second-order valence-corrected chi connectivity index (χ2v) is 8.35. The number of hydrogen-bond acceptors (Lipinski definition) is 5. The summed E-state index contributed by atoms with van der Waals surface area (Å²) in [6.45, 7) is 2.43. The Kier molecular flexibility index (Phi) is 6.22. The molecule has 7 nitrogen and oxygen atoms in total. The quantitative estimate of drug-likeness (QED) is 0.665. The van der Waals surface area contributed by atoms with E-state index < -0.39 is 18.4 Å². The molecular formula is C22H27F2N3O4. The lowest BCUT2D eigenvalue weighted by Crippen LogP contribution is -2.52. The number of carbonyl (C=O) groups is 3. The molecule has 1 N–H and O–H groups in total. The number of carbonyl (C=O) groups excluding carboxylic acids is 3. The molecule has 168 valence electrons. The molecule has 0 spiro atoms. The fraction of sp³-hybridized carbons (Fsp3) is 0.591. The van der Waals surface area contributed by atoms with E-state index in [-0.39, 0.29) is 43.5 Å². The average Bonchev–Trinajstić information content (AvgIpc) is 3.30. The molecular weight excluding hydrogens is 408 g/mol. The highest BCUT2D eigenvalue weighted by Gasteiger charge is 2.39. The summed E-state index contributed by atoms with van der Waals surface area (Å²) in [5, 5.41) is 2.29. The van der Waals surface area contributed by atoms with E-state index in [4.69, 9.17) is 4.74 Å². The third-order valence-corrected chi connectivity index (χ3v) is 6.45. The monoisotopic (exact) mass is 435 g/mol. The highest BCUT2D eigenvalue weighted by atomic mass is 19.3. The number of alkyl halides is 2. The third-order valence-electron chi connectivity index (χ3n) is 6.45. The van der Waals surface area contributed by atoms with Gasteiger partial charge in [0.25, 0.3) is 12.3 Å². The van der Waals surface area contributed by atoms with E-state index >= 15 is 0 Å². The number of fused-ring (bicyclic) bond motifs is 1. The number of benzene rings is 1. The molecule has 2 heterocycles. The van der Waals surface area contributed by atoms with E-state index in [2.05, 4.69) is 5.32 Å². The molecule has 2 aliphatic heterocycles. The molecule has 3 amide bonds. The van der Waals surface area contributed by atoms with Crippen LogP contribution in [0.5, 0.6) is 5.75 Å². The number of nitrogens with zero attached hydrogens (tertiary/aromatic N) is 2. The fourth-order valence-corrected chi connectivity index (χ4v) is 4.94. The van der Waals surface area contributed by atoms with Gasteiger partial charge in [-0.1, -0.05) is 6.92 Å². The lowest BCUT2D eigenvalue weighted by Gasteiger charge is -2.32. The molecule has 1 unspecified atom stereocenters. The van der Waals surface area contributed by atoms with Crippen LogP contribution in [0, 0.1) is 0 Å². The van der Waals surface area contributed by atoms with E-state index in [1.807, 2.05) is 6.92 Å². The van der Waals surface area contributed by atoms with Crippen LogP contribution in [0.2, 0.25) is 0 Å². The minimum absolute atomic E-state index is 0.0612. The average molecular weight is 435 g/mol. The molecule has 1 aliphatic carbocycles. The Morgan fingerprint density at radius 2 is 2.03 bits per heavy atom. The first-order valence-electron chi connectivity index (χ1n) is 10.8. The lowest BCUT2D eigenvalue weighted by atomic mass is 10.0. The van der Waals surface area contributed by atoms with Crippen molar-refractivity contribution in [1.29, 1.82) is 0 Å². The van der Waals surface area contributed by atoms with Gasteiger partial charge in [-0.05, 0) is 56.0 Å². The molecule has 1 aromatic rings. The Balaban J connectivity index is 1.46. The number of hydrogen-bond donors (Lipinski definition) is 1. The summed E-state index contributed by atoms with van der Waals surface area (Å²) in [7, 11) is 0. The van der Waals surface area contributed by atoms with Gasteiger partial charge in [0.05, 0.1) is 6.54 Å². The molecule has 9 heteroatoms. The molecule has 0 aromatic heterocycles. The van der Waals surface area contributed by atoms with Gasteiger partial charge in [-0.3, -0.25) is 24.6 Å². The van der Waals surface area contributed by atoms with Crippen molar-refractivity contribution in [3.63, 3.8) is 0 Å². The second-order valence-electron chi connectivity index (χ2n) is 8.35. The van der Waals surface area contributed by atoms with Crippen LogP contribution in [-0.4, -0.2) is 65.2 Å². The second kappa shape index (κ2) is 8.90. The predicted octanol–water partition coefficient (Wildman–Crippen LogP) is 2.33. The number of imide groups is 1. The third kappa shape index (κ3) is 4.42. The standard InChI is InChI=1S/C22H27F2N3O4/c1-2-26(12-19(23)24)16-4-3-5-18(16)31-14-6-7-15-13(10-14)11-27(22(15)30)17-8-9-20(28)25-21(17)29/h6-7,10,16-19H,2-5,8-9,11-12H2,1H3,(H,25,28,29)/t16-,17?,18+/m0/s1. The number of ether oxygens (including phenoxy) is 1. The van der Waals surface area contributed by atoms with Crippen molar-refractivity contribution in [2.45, 2.75) is 70.2 Å². The largest absolute Gasteiger partial charge is 0.489 e. The molecule has 2 fully saturated rings. The Labute approximate surface area is 179 Å². The zero-order chi connectivity index (χ0) is 22.1. The Morgan fingerprint density at radius 3 is 2.74 bits per heavy atom. The number of amides is 3. The summed E-state index contributed by atoms with van der Waals surface area (Å²) in [4.78, 5) is 39.7. The number of piperidine rings is 1. The Bertz CT molecular complexity index is 878. The van der Waals surface area contributed by atoms with E-state index in [9.17, 15) is 23.2 Å². The molecule has 3 atom stereocenters. The minimum atomic E-state index is -2.38. The summed E-state index contributed by atoms with van der Waals surface area (Å²) in [6.07, 6.45) is 0.489. The van der Waals surface area contributed by atoms with E-state index in [0.717, 1.165) is 24.8 Å². The van der Waals surface area contributed by atoms with Crippen LogP contribution in [0.1, 0.15) is 54.9 Å². The summed E-state index contributed by atoms with van der Waals surface area (Å²) in [5.74, 6) is -0.396. The van der Waals surface area contributed by atoms with Gasteiger partial charge in [0.15, 0.2) is 0 Å². The highest BCUT2D eigenvalue weighted by Crippen LogP contribution is 2.33. The molecule has 3 aliphatic rings. The highest BCUT2D eigenvalue weighted by molar-refractivity contribution is 6.05. The maximum atomic E-state index is 12.9. The first-order chi connectivity index (χ1) is 14.9. The number of halogens is 2. The van der Waals surface area contributed by atoms with E-state index in [0.29, 0.717) is 24.3 Å². The zero-order valence-electron chi connectivity index (χ0n) is 17.5. The van der Waals surface area contributed by atoms with Crippen LogP contribution >= 0.6 is 0 Å². The number of likely N-dealkylation sites (N-methyl/N-ethyl adjacent to an activating group) is 1. The maximum Gasteiger partial charge on any atom is 0.255 e. The molecule has 1 saturated carbocycles. The summed E-state index contributed by atoms with van der Waals surface area (Å²) in [6, 6.07) is 4.50. The number of nitrogens with one attached hydrogen (secondary N) is 1. The van der Waals surface area contributed by atoms with E-state index in [1.54, 1.807) is 23.1 Å². The molecule has 4 rings (SSSR count).